The molecule has 0 radical (unpaired) electrons. The molecule has 0 amide bonds. The van der Waals surface area contributed by atoms with E-state index >= 15 is 0 Å². The first-order chi connectivity index (χ1) is 8.29. The van der Waals surface area contributed by atoms with Crippen LogP contribution in [-0.4, -0.2) is 38.1 Å². The molecule has 1 N–H and O–H groups in total. The van der Waals surface area contributed by atoms with Crippen LogP contribution in [0.5, 0.6) is 0 Å². The molecule has 0 saturated heterocycles. The molecule has 0 aromatic heterocycles. The van der Waals surface area contributed by atoms with Crippen LogP contribution in [0.15, 0.2) is 0 Å². The number of rotatable bonds is 10. The Morgan fingerprint density at radius 1 is 1.17 bits per heavy atom. The maximum Gasteiger partial charge on any atom is 0.330 e. The molecule has 0 aliphatic carbocycles. The fourth-order valence-corrected chi connectivity index (χ4v) is 1.47. The van der Waals surface area contributed by atoms with E-state index in [-0.39, 0.29) is 12.6 Å². The average Bonchev–Trinajstić information content (AvgIpc) is 2.25. The minimum Gasteiger partial charge on any atom is -0.373 e. The van der Waals surface area contributed by atoms with Gasteiger partial charge in [0, 0.05) is 6.04 Å². The molecule has 0 fully saturated rings. The first-order valence-electron chi connectivity index (χ1n) is 6.26. The van der Waals surface area contributed by atoms with Crippen molar-refractivity contribution in [1.29, 1.82) is 0 Å². The van der Waals surface area contributed by atoms with Crippen molar-refractivity contribution in [3.63, 3.8) is 0 Å². The lowest BCUT2D eigenvalue weighted by atomic mass is 10.0. The molecule has 1 unspecified atom stereocenters. The Morgan fingerprint density at radius 3 is 2.22 bits per heavy atom. The van der Waals surface area contributed by atoms with Gasteiger partial charge in [-0.1, -0.05) is 20.8 Å². The van der Waals surface area contributed by atoms with Crippen molar-refractivity contribution in [2.75, 3.05) is 19.8 Å². The average molecular weight is 273 g/mol. The summed E-state index contributed by atoms with van der Waals surface area (Å²) in [6.45, 7) is 5.52. The Balaban J connectivity index is 3.96. The van der Waals surface area contributed by atoms with Crippen molar-refractivity contribution >= 4 is 0 Å². The molecule has 0 aromatic carbocycles. The summed E-state index contributed by atoms with van der Waals surface area (Å²) in [6, 6.07) is -0.0640. The first kappa shape index (κ1) is 17.6. The minimum absolute atomic E-state index is 0.0306. The molecular formula is C12H23F4NO. The van der Waals surface area contributed by atoms with Crippen molar-refractivity contribution in [1.82, 2.24) is 5.32 Å². The van der Waals surface area contributed by atoms with E-state index in [1.54, 1.807) is 0 Å². The summed E-state index contributed by atoms with van der Waals surface area (Å²) < 4.78 is 53.7. The molecule has 0 bridgehead atoms. The fourth-order valence-electron chi connectivity index (χ4n) is 1.47. The molecule has 0 rings (SSSR count). The van der Waals surface area contributed by atoms with E-state index in [9.17, 15) is 17.6 Å². The first-order valence-corrected chi connectivity index (χ1v) is 6.26. The summed E-state index contributed by atoms with van der Waals surface area (Å²) in [5.41, 5.74) is 0. The second-order valence-corrected chi connectivity index (χ2v) is 4.80. The van der Waals surface area contributed by atoms with Gasteiger partial charge >= 0.3 is 12.3 Å². The van der Waals surface area contributed by atoms with Gasteiger partial charge in [0.15, 0.2) is 0 Å². The number of hydrogen-bond acceptors (Lipinski definition) is 2. The van der Waals surface area contributed by atoms with Gasteiger partial charge in [0.1, 0.15) is 6.61 Å². The lowest BCUT2D eigenvalue weighted by Crippen LogP contribution is -2.37. The summed E-state index contributed by atoms with van der Waals surface area (Å²) >= 11 is 0. The predicted molar refractivity (Wildman–Crippen MR) is 63.3 cm³/mol. The Bertz CT molecular complexity index is 212. The Kier molecular flexibility index (Phi) is 8.52. The van der Waals surface area contributed by atoms with Crippen LogP contribution in [0, 0.1) is 5.92 Å². The van der Waals surface area contributed by atoms with Gasteiger partial charge < -0.3 is 10.1 Å². The van der Waals surface area contributed by atoms with Crippen LogP contribution in [0.4, 0.5) is 17.6 Å². The molecule has 1 atom stereocenters. The largest absolute Gasteiger partial charge is 0.373 e. The highest BCUT2D eigenvalue weighted by molar-refractivity contribution is 4.70. The van der Waals surface area contributed by atoms with Crippen LogP contribution in [0.2, 0.25) is 0 Å². The van der Waals surface area contributed by atoms with E-state index in [2.05, 4.69) is 19.2 Å². The molecule has 0 heterocycles. The molecule has 0 spiro atoms. The van der Waals surface area contributed by atoms with Crippen LogP contribution < -0.4 is 5.32 Å². The second kappa shape index (κ2) is 8.69. The normalized spacial score (nSPS) is 14.5. The predicted octanol–water partition coefficient (Wildman–Crippen LogP) is 3.32. The van der Waals surface area contributed by atoms with Crippen LogP contribution in [0.1, 0.15) is 33.6 Å². The van der Waals surface area contributed by atoms with Gasteiger partial charge in [0.25, 0.3) is 0 Å². The van der Waals surface area contributed by atoms with Crippen LogP contribution in [-0.2, 0) is 4.74 Å². The molecule has 2 nitrogen and oxygen atoms in total. The smallest absolute Gasteiger partial charge is 0.330 e. The summed E-state index contributed by atoms with van der Waals surface area (Å²) in [5.74, 6) is -3.55. The van der Waals surface area contributed by atoms with E-state index in [1.807, 2.05) is 6.92 Å². The quantitative estimate of drug-likeness (QED) is 0.617. The lowest BCUT2D eigenvalue weighted by Gasteiger charge is -2.21. The highest BCUT2D eigenvalue weighted by atomic mass is 19.3. The zero-order chi connectivity index (χ0) is 14.2. The fraction of sp³-hybridized carbons (Fsp3) is 1.00. The minimum atomic E-state index is -4.06. The number of hydrogen-bond donors (Lipinski definition) is 1. The van der Waals surface area contributed by atoms with Crippen molar-refractivity contribution < 1.29 is 22.3 Å². The van der Waals surface area contributed by atoms with Crippen molar-refractivity contribution in [3.05, 3.63) is 0 Å². The molecule has 0 saturated carbocycles. The number of nitrogens with one attached hydrogen (secondary N) is 1. The maximum absolute atomic E-state index is 12.6. The Hall–Kier alpha value is -0.360. The monoisotopic (exact) mass is 273 g/mol. The van der Waals surface area contributed by atoms with Gasteiger partial charge in [0.2, 0.25) is 0 Å². The van der Waals surface area contributed by atoms with Crippen molar-refractivity contribution in [2.24, 2.45) is 5.92 Å². The molecule has 6 heteroatoms. The summed E-state index contributed by atoms with van der Waals surface area (Å²) in [5, 5.41) is 3.10. The zero-order valence-electron chi connectivity index (χ0n) is 11.2. The molecule has 110 valence electrons. The zero-order valence-corrected chi connectivity index (χ0v) is 11.2. The standard InChI is InChI=1S/C12H23F4NO/c1-4-17-10(6-5-9(2)3)7-18-8-12(15,16)11(13)14/h9-11,17H,4-8H2,1-3H3. The third kappa shape index (κ3) is 7.87. The van der Waals surface area contributed by atoms with E-state index < -0.39 is 19.0 Å². The van der Waals surface area contributed by atoms with Gasteiger partial charge in [-0.05, 0) is 25.3 Å². The van der Waals surface area contributed by atoms with Crippen molar-refractivity contribution in [3.8, 4) is 0 Å². The summed E-state index contributed by atoms with van der Waals surface area (Å²) in [4.78, 5) is 0. The highest BCUT2D eigenvalue weighted by Crippen LogP contribution is 2.23. The summed E-state index contributed by atoms with van der Waals surface area (Å²) in [7, 11) is 0. The maximum atomic E-state index is 12.6. The van der Waals surface area contributed by atoms with E-state index in [1.165, 1.54) is 0 Å². The second-order valence-electron chi connectivity index (χ2n) is 4.80. The van der Waals surface area contributed by atoms with Gasteiger partial charge in [-0.15, -0.1) is 0 Å². The highest BCUT2D eigenvalue weighted by Gasteiger charge is 2.41. The van der Waals surface area contributed by atoms with Gasteiger partial charge in [-0.2, -0.15) is 8.78 Å². The number of halogens is 4. The lowest BCUT2D eigenvalue weighted by molar-refractivity contribution is -0.167. The third-order valence-electron chi connectivity index (χ3n) is 2.52. The molecule has 0 aliphatic rings. The number of likely N-dealkylation sites (N-methyl/N-ethyl adjacent to an activating group) is 1. The topological polar surface area (TPSA) is 21.3 Å². The van der Waals surface area contributed by atoms with Crippen LogP contribution in [0.3, 0.4) is 0 Å². The van der Waals surface area contributed by atoms with E-state index in [0.29, 0.717) is 12.5 Å². The molecular weight excluding hydrogens is 250 g/mol. The molecule has 0 aliphatic heterocycles. The molecule has 18 heavy (non-hydrogen) atoms. The molecule has 0 aromatic rings. The van der Waals surface area contributed by atoms with Crippen LogP contribution in [0.25, 0.3) is 0 Å². The summed E-state index contributed by atoms with van der Waals surface area (Å²) in [6.07, 6.45) is -1.95. The van der Waals surface area contributed by atoms with Gasteiger partial charge in [-0.3, -0.25) is 0 Å². The number of ether oxygens (including phenoxy) is 1. The van der Waals surface area contributed by atoms with E-state index in [4.69, 9.17) is 4.74 Å². The number of alkyl halides is 4. The van der Waals surface area contributed by atoms with Crippen LogP contribution >= 0.6 is 0 Å². The van der Waals surface area contributed by atoms with Gasteiger partial charge in [0.05, 0.1) is 6.61 Å². The Labute approximate surface area is 106 Å². The van der Waals surface area contributed by atoms with E-state index in [0.717, 1.165) is 12.8 Å². The van der Waals surface area contributed by atoms with Gasteiger partial charge in [-0.25, -0.2) is 8.78 Å². The SMILES string of the molecule is CCNC(CCC(C)C)COCC(F)(F)C(F)F. The third-order valence-corrected chi connectivity index (χ3v) is 2.52. The Morgan fingerprint density at radius 2 is 1.78 bits per heavy atom. The van der Waals surface area contributed by atoms with Crippen molar-refractivity contribution in [2.45, 2.75) is 52.0 Å².